The van der Waals surface area contributed by atoms with Crippen LogP contribution in [0, 0.1) is 27.7 Å². The van der Waals surface area contributed by atoms with Gasteiger partial charge < -0.3 is 33.9 Å². The van der Waals surface area contributed by atoms with Gasteiger partial charge >= 0.3 is 11.9 Å². The maximum atomic E-state index is 11.5. The van der Waals surface area contributed by atoms with E-state index in [4.69, 9.17) is 14.6 Å². The molecule has 0 bridgehead atoms. The number of aryl methyl sites for hydroxylation is 4. The van der Waals surface area contributed by atoms with E-state index < -0.39 is 11.9 Å². The molecule has 9 nitrogen and oxygen atoms in total. The number of carboxylic acids is 2. The first-order valence-electron chi connectivity index (χ1n) is 11.4. The van der Waals surface area contributed by atoms with Crippen LogP contribution in [0.1, 0.15) is 43.5 Å². The Morgan fingerprint density at radius 1 is 0.649 bits per heavy atom. The third-order valence-electron chi connectivity index (χ3n) is 5.99. The predicted molar refractivity (Wildman–Crippen MR) is 139 cm³/mol. The molecule has 0 saturated carbocycles. The van der Waals surface area contributed by atoms with Crippen molar-refractivity contribution in [1.29, 1.82) is 0 Å². The number of aromatic hydroxyl groups is 1. The minimum absolute atomic E-state index is 0.0868. The number of benzene rings is 2. The highest BCUT2D eigenvalue weighted by atomic mass is 16.5. The van der Waals surface area contributed by atoms with Crippen molar-refractivity contribution in [3.63, 3.8) is 0 Å². The Labute approximate surface area is 214 Å². The summed E-state index contributed by atoms with van der Waals surface area (Å²) >= 11 is 0. The zero-order valence-electron chi connectivity index (χ0n) is 21.6. The van der Waals surface area contributed by atoms with E-state index in [0.717, 1.165) is 28.5 Å². The van der Waals surface area contributed by atoms with Crippen LogP contribution in [0.4, 0.5) is 0 Å². The molecule has 2 aromatic carbocycles. The Morgan fingerprint density at radius 3 is 1.54 bits per heavy atom. The molecule has 2 heterocycles. The lowest BCUT2D eigenvalue weighted by Gasteiger charge is -2.16. The number of carboxylic acid groups (broad SMARTS) is 2. The van der Waals surface area contributed by atoms with Crippen molar-refractivity contribution in [2.75, 3.05) is 14.2 Å². The second-order valence-corrected chi connectivity index (χ2v) is 8.44. The number of aromatic nitrogens is 2. The average molecular weight is 507 g/mol. The summed E-state index contributed by atoms with van der Waals surface area (Å²) < 4.78 is 14.3. The first-order chi connectivity index (χ1) is 17.5. The molecule has 194 valence electrons. The monoisotopic (exact) mass is 506 g/mol. The fourth-order valence-corrected chi connectivity index (χ4v) is 4.19. The van der Waals surface area contributed by atoms with E-state index in [9.17, 15) is 19.8 Å². The van der Waals surface area contributed by atoms with Gasteiger partial charge in [0.05, 0.1) is 25.5 Å². The van der Waals surface area contributed by atoms with Crippen molar-refractivity contribution in [2.45, 2.75) is 27.7 Å². The van der Waals surface area contributed by atoms with Gasteiger partial charge in [0.15, 0.2) is 11.5 Å². The molecule has 9 heteroatoms. The number of nitrogens with zero attached hydrogens (tertiary/aromatic N) is 2. The summed E-state index contributed by atoms with van der Waals surface area (Å²) in [5, 5.41) is 27.9. The lowest BCUT2D eigenvalue weighted by molar-refractivity contribution is 0.0684. The van der Waals surface area contributed by atoms with Gasteiger partial charge in [-0.05, 0) is 64.1 Å². The summed E-state index contributed by atoms with van der Waals surface area (Å²) in [5.41, 5.74) is 5.38. The Morgan fingerprint density at radius 2 is 1.11 bits per heavy atom. The molecular weight excluding hydrogens is 476 g/mol. The number of carbonyl (C=O) groups is 2. The number of ether oxygens (including phenoxy) is 2. The molecule has 37 heavy (non-hydrogen) atoms. The highest BCUT2D eigenvalue weighted by Crippen LogP contribution is 2.33. The molecule has 0 radical (unpaired) electrons. The minimum Gasteiger partial charge on any atom is -0.507 e. The molecular formula is C28H30N2O7. The second-order valence-electron chi connectivity index (χ2n) is 8.44. The highest BCUT2D eigenvalue weighted by Gasteiger charge is 2.19. The molecule has 4 rings (SSSR count). The molecule has 0 atom stereocenters. The molecule has 0 aliphatic carbocycles. The molecule has 0 amide bonds. The van der Waals surface area contributed by atoms with Crippen LogP contribution in [0.15, 0.2) is 54.6 Å². The van der Waals surface area contributed by atoms with Gasteiger partial charge in [0.25, 0.3) is 0 Å². The van der Waals surface area contributed by atoms with Gasteiger partial charge in [0, 0.05) is 46.7 Å². The Kier molecular flexibility index (Phi) is 7.97. The molecule has 0 spiro atoms. The third kappa shape index (κ3) is 5.45. The van der Waals surface area contributed by atoms with Gasteiger partial charge in [-0.3, -0.25) is 0 Å². The minimum atomic E-state index is -1.13. The van der Waals surface area contributed by atoms with Gasteiger partial charge in [-0.15, -0.1) is 0 Å². The molecule has 0 aliphatic rings. The number of methoxy groups -OCH3 is 2. The Bertz CT molecular complexity index is 1420. The van der Waals surface area contributed by atoms with Crippen LogP contribution in [-0.4, -0.2) is 50.6 Å². The van der Waals surface area contributed by atoms with E-state index in [1.807, 2.05) is 61.1 Å². The molecule has 0 unspecified atom stereocenters. The molecule has 0 saturated heterocycles. The average Bonchev–Trinajstić information content (AvgIpc) is 3.37. The summed E-state index contributed by atoms with van der Waals surface area (Å²) in [6, 6.07) is 15.5. The van der Waals surface area contributed by atoms with Gasteiger partial charge in [-0.25, -0.2) is 9.59 Å². The highest BCUT2D eigenvalue weighted by molar-refractivity contribution is 5.93. The van der Waals surface area contributed by atoms with E-state index in [2.05, 4.69) is 0 Å². The summed E-state index contributed by atoms with van der Waals surface area (Å²) in [6.07, 6.45) is 0. The normalized spacial score (nSPS) is 10.4. The van der Waals surface area contributed by atoms with Crippen molar-refractivity contribution >= 4 is 11.9 Å². The first-order valence-corrected chi connectivity index (χ1v) is 11.4. The van der Waals surface area contributed by atoms with Crippen molar-refractivity contribution in [1.82, 2.24) is 9.13 Å². The largest absolute Gasteiger partial charge is 0.507 e. The van der Waals surface area contributed by atoms with E-state index in [1.165, 1.54) is 32.4 Å². The number of hydrogen-bond acceptors (Lipinski definition) is 5. The summed E-state index contributed by atoms with van der Waals surface area (Å²) in [6.45, 7) is 7.76. The fourth-order valence-electron chi connectivity index (χ4n) is 4.19. The van der Waals surface area contributed by atoms with Crippen LogP contribution >= 0.6 is 0 Å². The van der Waals surface area contributed by atoms with Crippen LogP contribution in [0.25, 0.3) is 11.4 Å². The van der Waals surface area contributed by atoms with E-state index in [1.54, 1.807) is 12.1 Å². The van der Waals surface area contributed by atoms with Crippen LogP contribution in [0.3, 0.4) is 0 Å². The summed E-state index contributed by atoms with van der Waals surface area (Å²) in [7, 11) is 3.01. The van der Waals surface area contributed by atoms with Crippen LogP contribution in [0.5, 0.6) is 17.2 Å². The number of hydrogen-bond donors (Lipinski definition) is 3. The van der Waals surface area contributed by atoms with Crippen LogP contribution < -0.4 is 9.47 Å². The quantitative estimate of drug-likeness (QED) is 0.324. The van der Waals surface area contributed by atoms with E-state index >= 15 is 0 Å². The second kappa shape index (κ2) is 10.9. The number of aromatic carboxylic acids is 2. The number of rotatable bonds is 6. The Balaban J connectivity index is 0.000000208. The zero-order valence-corrected chi connectivity index (χ0v) is 21.6. The maximum Gasteiger partial charge on any atom is 0.339 e. The van der Waals surface area contributed by atoms with Crippen molar-refractivity contribution < 1.29 is 34.4 Å². The standard InChI is InChI=1S/C15H17NO4.C13H13NO3/c1-9-5-6-10(2)16(9)12-8-14(20-4)13(19-3)7-11(12)15(17)18;1-8-3-4-9(2)14(8)10-5-6-11(13(16)17)12(15)7-10/h5-8H,1-4H3,(H,17,18);3-7,15H,1-2H3,(H,16,17). The van der Waals surface area contributed by atoms with Crippen molar-refractivity contribution in [3.8, 4) is 28.6 Å². The van der Waals surface area contributed by atoms with Gasteiger partial charge in [-0.1, -0.05) is 0 Å². The molecule has 0 aliphatic heterocycles. The molecule has 2 aromatic heterocycles. The van der Waals surface area contributed by atoms with Crippen molar-refractivity contribution in [3.05, 3.63) is 88.5 Å². The molecule has 4 aromatic rings. The smallest absolute Gasteiger partial charge is 0.339 e. The van der Waals surface area contributed by atoms with Gasteiger partial charge in [0.1, 0.15) is 11.3 Å². The third-order valence-corrected chi connectivity index (χ3v) is 5.99. The zero-order chi connectivity index (χ0) is 27.4. The predicted octanol–water partition coefficient (Wildman–Crippen LogP) is 5.31. The fraction of sp³-hybridized carbons (Fsp3) is 0.214. The number of phenols is 1. The first kappa shape index (κ1) is 26.9. The molecule has 0 fully saturated rings. The lowest BCUT2D eigenvalue weighted by atomic mass is 10.1. The van der Waals surface area contributed by atoms with E-state index in [0.29, 0.717) is 17.2 Å². The summed E-state index contributed by atoms with van der Waals surface area (Å²) in [4.78, 5) is 22.3. The van der Waals surface area contributed by atoms with Crippen molar-refractivity contribution in [2.24, 2.45) is 0 Å². The van der Waals surface area contributed by atoms with Crippen LogP contribution in [-0.2, 0) is 0 Å². The molecule has 3 N–H and O–H groups in total. The Hall–Kier alpha value is -4.66. The topological polar surface area (TPSA) is 123 Å². The lowest BCUT2D eigenvalue weighted by Crippen LogP contribution is -2.09. The van der Waals surface area contributed by atoms with Gasteiger partial charge in [0.2, 0.25) is 0 Å². The van der Waals surface area contributed by atoms with Crippen LogP contribution in [0.2, 0.25) is 0 Å². The summed E-state index contributed by atoms with van der Waals surface area (Å²) in [5.74, 6) is -1.46. The van der Waals surface area contributed by atoms with E-state index in [-0.39, 0.29) is 16.9 Å². The van der Waals surface area contributed by atoms with Gasteiger partial charge in [-0.2, -0.15) is 0 Å². The SMILES string of the molecule is COc1cc(C(=O)O)c(-n2c(C)ccc2C)cc1OC.Cc1ccc(C)n1-c1ccc(C(=O)O)c(O)c1. The maximum absolute atomic E-state index is 11.5.